The van der Waals surface area contributed by atoms with Crippen LogP contribution in [-0.4, -0.2) is 26.2 Å². The molecule has 1 aromatic carbocycles. The molecule has 0 fully saturated rings. The third-order valence-corrected chi connectivity index (χ3v) is 4.11. The minimum Gasteiger partial charge on any atom is -0.375 e. The first-order valence-electron chi connectivity index (χ1n) is 6.77. The van der Waals surface area contributed by atoms with Crippen LogP contribution in [0.2, 0.25) is 0 Å². The van der Waals surface area contributed by atoms with E-state index in [4.69, 9.17) is 4.74 Å². The zero-order valence-electron chi connectivity index (χ0n) is 11.4. The van der Waals surface area contributed by atoms with Crippen molar-refractivity contribution >= 4 is 21.4 Å². The van der Waals surface area contributed by atoms with Gasteiger partial charge in [-0.15, -0.1) is 11.3 Å². The molecule has 1 N–H and O–H groups in total. The normalized spacial score (nSPS) is 13.2. The summed E-state index contributed by atoms with van der Waals surface area (Å²) in [5.74, 6) is 0. The van der Waals surface area contributed by atoms with E-state index < -0.39 is 13.0 Å². The lowest BCUT2D eigenvalue weighted by atomic mass is 10.0. The highest BCUT2D eigenvalue weighted by molar-refractivity contribution is 7.17. The van der Waals surface area contributed by atoms with E-state index in [1.807, 2.05) is 13.0 Å². The molecule has 1 atom stereocenters. The van der Waals surface area contributed by atoms with Crippen LogP contribution in [0.4, 0.5) is 8.78 Å². The lowest BCUT2D eigenvalue weighted by Crippen LogP contribution is -2.23. The molecular weight excluding hydrogens is 280 g/mol. The van der Waals surface area contributed by atoms with Crippen LogP contribution in [0, 0.1) is 0 Å². The molecule has 0 aliphatic heterocycles. The van der Waals surface area contributed by atoms with Crippen LogP contribution in [-0.2, 0) is 4.74 Å². The zero-order chi connectivity index (χ0) is 14.4. The molecule has 2 aromatic rings. The number of thiophene rings is 1. The third kappa shape index (κ3) is 3.98. The Labute approximate surface area is 121 Å². The second-order valence-corrected chi connectivity index (χ2v) is 5.47. The predicted octanol–water partition coefficient (Wildman–Crippen LogP) is 4.22. The summed E-state index contributed by atoms with van der Waals surface area (Å²) in [6.07, 6.45) is -1.70. The number of hydrogen-bond donors (Lipinski definition) is 1. The van der Waals surface area contributed by atoms with Crippen LogP contribution in [0.5, 0.6) is 0 Å². The third-order valence-electron chi connectivity index (χ3n) is 3.13. The SMILES string of the molecule is CCNC(CCOCC(F)F)c1cccc2ccsc12. The Morgan fingerprint density at radius 3 is 2.90 bits per heavy atom. The molecule has 20 heavy (non-hydrogen) atoms. The zero-order valence-corrected chi connectivity index (χ0v) is 12.3. The second kappa shape index (κ2) is 7.67. The highest BCUT2D eigenvalue weighted by Crippen LogP contribution is 2.30. The quantitative estimate of drug-likeness (QED) is 0.737. The van der Waals surface area contributed by atoms with Crippen molar-refractivity contribution in [1.29, 1.82) is 0 Å². The van der Waals surface area contributed by atoms with E-state index in [-0.39, 0.29) is 6.04 Å². The van der Waals surface area contributed by atoms with Gasteiger partial charge < -0.3 is 10.1 Å². The van der Waals surface area contributed by atoms with Gasteiger partial charge in [0, 0.05) is 17.3 Å². The number of halogens is 2. The Kier molecular flexibility index (Phi) is 5.88. The summed E-state index contributed by atoms with van der Waals surface area (Å²) in [5.41, 5.74) is 1.22. The van der Waals surface area contributed by atoms with Gasteiger partial charge in [-0.3, -0.25) is 0 Å². The summed E-state index contributed by atoms with van der Waals surface area (Å²) < 4.78 is 30.4. The van der Waals surface area contributed by atoms with E-state index in [2.05, 4.69) is 28.9 Å². The number of benzene rings is 1. The van der Waals surface area contributed by atoms with Gasteiger partial charge in [0.2, 0.25) is 0 Å². The molecule has 2 nitrogen and oxygen atoms in total. The van der Waals surface area contributed by atoms with Gasteiger partial charge in [0.15, 0.2) is 0 Å². The van der Waals surface area contributed by atoms with Gasteiger partial charge in [-0.2, -0.15) is 0 Å². The van der Waals surface area contributed by atoms with E-state index in [1.165, 1.54) is 15.6 Å². The largest absolute Gasteiger partial charge is 0.375 e. The monoisotopic (exact) mass is 299 g/mol. The average Bonchev–Trinajstić information content (AvgIpc) is 2.90. The molecule has 0 spiro atoms. The van der Waals surface area contributed by atoms with Crippen LogP contribution in [0.1, 0.15) is 24.9 Å². The fourth-order valence-corrected chi connectivity index (χ4v) is 3.25. The van der Waals surface area contributed by atoms with E-state index in [9.17, 15) is 8.78 Å². The molecule has 0 saturated carbocycles. The number of nitrogens with one attached hydrogen (secondary N) is 1. The second-order valence-electron chi connectivity index (χ2n) is 4.55. The Morgan fingerprint density at radius 2 is 2.15 bits per heavy atom. The first kappa shape index (κ1) is 15.4. The van der Waals surface area contributed by atoms with Gasteiger partial charge in [0.25, 0.3) is 6.43 Å². The van der Waals surface area contributed by atoms with Crippen molar-refractivity contribution in [3.8, 4) is 0 Å². The molecule has 2 rings (SSSR count). The lowest BCUT2D eigenvalue weighted by Gasteiger charge is -2.19. The highest BCUT2D eigenvalue weighted by atomic mass is 32.1. The standard InChI is InChI=1S/C15H19F2NOS/c1-2-18-13(6-8-19-10-14(16)17)12-5-3-4-11-7-9-20-15(11)12/h3-5,7,9,13-14,18H,2,6,8,10H2,1H3. The summed E-state index contributed by atoms with van der Waals surface area (Å²) >= 11 is 1.71. The summed E-state index contributed by atoms with van der Waals surface area (Å²) in [4.78, 5) is 0. The average molecular weight is 299 g/mol. The molecule has 5 heteroatoms. The van der Waals surface area contributed by atoms with Crippen LogP contribution in [0.15, 0.2) is 29.6 Å². The molecule has 1 aromatic heterocycles. The molecule has 0 radical (unpaired) electrons. The lowest BCUT2D eigenvalue weighted by molar-refractivity contribution is 0.0144. The van der Waals surface area contributed by atoms with Gasteiger partial charge in [0.05, 0.1) is 0 Å². The van der Waals surface area contributed by atoms with Crippen LogP contribution < -0.4 is 5.32 Å². The van der Waals surface area contributed by atoms with Crippen molar-refractivity contribution in [2.75, 3.05) is 19.8 Å². The number of hydrogen-bond acceptors (Lipinski definition) is 3. The minimum atomic E-state index is -2.40. The van der Waals surface area contributed by atoms with Crippen molar-refractivity contribution < 1.29 is 13.5 Å². The van der Waals surface area contributed by atoms with Crippen molar-refractivity contribution in [2.24, 2.45) is 0 Å². The number of alkyl halides is 2. The molecule has 0 amide bonds. The number of rotatable bonds is 8. The van der Waals surface area contributed by atoms with Crippen molar-refractivity contribution in [2.45, 2.75) is 25.8 Å². The van der Waals surface area contributed by atoms with Crippen molar-refractivity contribution in [3.63, 3.8) is 0 Å². The summed E-state index contributed by atoms with van der Waals surface area (Å²) in [6, 6.07) is 8.46. The van der Waals surface area contributed by atoms with Gasteiger partial charge in [0.1, 0.15) is 6.61 Å². The van der Waals surface area contributed by atoms with Gasteiger partial charge >= 0.3 is 0 Å². The van der Waals surface area contributed by atoms with E-state index in [0.29, 0.717) is 13.0 Å². The Hall–Kier alpha value is -1.04. The van der Waals surface area contributed by atoms with Crippen molar-refractivity contribution in [3.05, 3.63) is 35.2 Å². The number of ether oxygens (including phenoxy) is 1. The van der Waals surface area contributed by atoms with E-state index in [1.54, 1.807) is 11.3 Å². The maximum atomic E-state index is 12.1. The molecule has 1 heterocycles. The molecule has 0 aliphatic rings. The van der Waals surface area contributed by atoms with Crippen LogP contribution in [0.3, 0.4) is 0 Å². The molecule has 0 bridgehead atoms. The molecule has 0 aliphatic carbocycles. The fourth-order valence-electron chi connectivity index (χ4n) is 2.28. The Morgan fingerprint density at radius 1 is 1.30 bits per heavy atom. The molecule has 0 saturated heterocycles. The summed E-state index contributed by atoms with van der Waals surface area (Å²) in [7, 11) is 0. The van der Waals surface area contributed by atoms with Gasteiger partial charge in [-0.1, -0.05) is 25.1 Å². The Bertz CT molecular complexity index is 529. The molecule has 110 valence electrons. The van der Waals surface area contributed by atoms with E-state index in [0.717, 1.165) is 6.54 Å². The minimum absolute atomic E-state index is 0.139. The highest BCUT2D eigenvalue weighted by Gasteiger charge is 2.14. The number of fused-ring (bicyclic) bond motifs is 1. The van der Waals surface area contributed by atoms with E-state index >= 15 is 0 Å². The summed E-state index contributed by atoms with van der Waals surface area (Å²) in [5, 5.41) is 6.71. The fraction of sp³-hybridized carbons (Fsp3) is 0.467. The summed E-state index contributed by atoms with van der Waals surface area (Å²) in [6.45, 7) is 2.73. The molecular formula is C15H19F2NOS. The maximum absolute atomic E-state index is 12.1. The first-order valence-corrected chi connectivity index (χ1v) is 7.65. The molecule has 1 unspecified atom stereocenters. The van der Waals surface area contributed by atoms with Gasteiger partial charge in [-0.25, -0.2) is 8.78 Å². The van der Waals surface area contributed by atoms with Gasteiger partial charge in [-0.05, 0) is 35.4 Å². The Balaban J connectivity index is 2.05. The van der Waals surface area contributed by atoms with Crippen molar-refractivity contribution in [1.82, 2.24) is 5.32 Å². The maximum Gasteiger partial charge on any atom is 0.261 e. The van der Waals surface area contributed by atoms with Crippen LogP contribution in [0.25, 0.3) is 10.1 Å². The predicted molar refractivity (Wildman–Crippen MR) is 79.7 cm³/mol. The first-order chi connectivity index (χ1) is 9.72. The van der Waals surface area contributed by atoms with Crippen LogP contribution >= 0.6 is 11.3 Å². The smallest absolute Gasteiger partial charge is 0.261 e. The topological polar surface area (TPSA) is 21.3 Å².